The lowest BCUT2D eigenvalue weighted by Crippen LogP contribution is -2.29. The molecule has 0 fully saturated rings. The third-order valence-corrected chi connectivity index (χ3v) is 4.88. The lowest BCUT2D eigenvalue weighted by atomic mass is 9.98. The number of carbonyl (C=O) groups is 2. The van der Waals surface area contributed by atoms with Crippen molar-refractivity contribution >= 4 is 34.2 Å². The molecular weight excluding hydrogens is 390 g/mol. The fourth-order valence-corrected chi connectivity index (χ4v) is 3.15. The van der Waals surface area contributed by atoms with Crippen LogP contribution in [-0.4, -0.2) is 25.6 Å². The minimum absolute atomic E-state index is 0.320. The van der Waals surface area contributed by atoms with Gasteiger partial charge in [-0.1, -0.05) is 48.0 Å². The monoisotopic (exact) mass is 411 g/mol. The Bertz CT molecular complexity index is 1030. The number of amides is 1. The number of hydrogen-bond acceptors (Lipinski definition) is 4. The van der Waals surface area contributed by atoms with Gasteiger partial charge in [-0.15, -0.1) is 0 Å². The number of methoxy groups -OCH3 is 1. The summed E-state index contributed by atoms with van der Waals surface area (Å²) >= 11 is 5.92. The Morgan fingerprint density at radius 2 is 1.79 bits per heavy atom. The van der Waals surface area contributed by atoms with Gasteiger partial charge in [-0.2, -0.15) is 0 Å². The molecule has 3 aromatic carbocycles. The Kier molecular flexibility index (Phi) is 6.73. The Balaban J connectivity index is 1.54. The minimum atomic E-state index is -0.484. The third kappa shape index (κ3) is 5.48. The number of hydrogen-bond donors (Lipinski definition) is 1. The molecule has 0 bridgehead atoms. The van der Waals surface area contributed by atoms with E-state index in [1.54, 1.807) is 26.2 Å². The lowest BCUT2D eigenvalue weighted by molar-refractivity contribution is -0.149. The summed E-state index contributed by atoms with van der Waals surface area (Å²) in [6, 6.07) is 18.7. The topological polar surface area (TPSA) is 64.6 Å². The number of fused-ring (bicyclic) bond motifs is 1. The fraction of sp³-hybridized carbons (Fsp3) is 0.217. The summed E-state index contributed by atoms with van der Waals surface area (Å²) < 4.78 is 10.4. The quantitative estimate of drug-likeness (QED) is 0.583. The van der Waals surface area contributed by atoms with Crippen LogP contribution in [0, 0.1) is 0 Å². The highest BCUT2D eigenvalue weighted by Gasteiger charge is 2.18. The summed E-state index contributed by atoms with van der Waals surface area (Å²) in [4.78, 5) is 24.3. The van der Waals surface area contributed by atoms with Gasteiger partial charge in [0.15, 0.2) is 6.61 Å². The number of carbonyl (C=O) groups excluding carboxylic acids is 2. The number of nitrogens with one attached hydrogen (secondary N) is 1. The fourth-order valence-electron chi connectivity index (χ4n) is 2.93. The number of ether oxygens (including phenoxy) is 2. The standard InChI is InChI=1S/C23H22ClNO4/c1-15(17-6-7-19-12-21(28-2)9-8-18(19)11-17)23(27)29-14-22(26)25-13-16-4-3-5-20(24)10-16/h3-12,15H,13-14H2,1-2H3,(H,25,26)/t15-/m0/s1. The first kappa shape index (κ1) is 20.7. The number of halogens is 1. The first-order valence-corrected chi connectivity index (χ1v) is 9.59. The van der Waals surface area contributed by atoms with Crippen LogP contribution in [0.2, 0.25) is 5.02 Å². The van der Waals surface area contributed by atoms with E-state index in [0.717, 1.165) is 27.6 Å². The molecule has 0 spiro atoms. The zero-order valence-corrected chi connectivity index (χ0v) is 17.0. The van der Waals surface area contributed by atoms with Gasteiger partial charge in [0.1, 0.15) is 5.75 Å². The van der Waals surface area contributed by atoms with E-state index in [-0.39, 0.29) is 12.5 Å². The van der Waals surface area contributed by atoms with Crippen LogP contribution in [0.4, 0.5) is 0 Å². The van der Waals surface area contributed by atoms with Crippen molar-refractivity contribution in [3.05, 3.63) is 76.8 Å². The molecule has 6 heteroatoms. The molecule has 0 radical (unpaired) electrons. The predicted octanol–water partition coefficient (Wildman–Crippen LogP) is 4.46. The molecule has 3 rings (SSSR count). The molecule has 1 N–H and O–H groups in total. The smallest absolute Gasteiger partial charge is 0.313 e. The van der Waals surface area contributed by atoms with Gasteiger partial charge < -0.3 is 14.8 Å². The summed E-state index contributed by atoms with van der Waals surface area (Å²) in [5.74, 6) is -0.518. The van der Waals surface area contributed by atoms with Crippen molar-refractivity contribution in [2.45, 2.75) is 19.4 Å². The van der Waals surface area contributed by atoms with Crippen LogP contribution in [0.3, 0.4) is 0 Å². The maximum Gasteiger partial charge on any atom is 0.313 e. The van der Waals surface area contributed by atoms with Gasteiger partial charge in [0, 0.05) is 11.6 Å². The van der Waals surface area contributed by atoms with Crippen molar-refractivity contribution in [2.75, 3.05) is 13.7 Å². The van der Waals surface area contributed by atoms with Gasteiger partial charge in [-0.25, -0.2) is 0 Å². The molecule has 0 aliphatic heterocycles. The average molecular weight is 412 g/mol. The minimum Gasteiger partial charge on any atom is -0.497 e. The normalized spacial score (nSPS) is 11.7. The van der Waals surface area contributed by atoms with Crippen LogP contribution in [-0.2, 0) is 20.9 Å². The van der Waals surface area contributed by atoms with Gasteiger partial charge >= 0.3 is 5.97 Å². The maximum absolute atomic E-state index is 12.4. The highest BCUT2D eigenvalue weighted by Crippen LogP contribution is 2.25. The van der Waals surface area contributed by atoms with Gasteiger partial charge in [0.05, 0.1) is 13.0 Å². The molecule has 150 valence electrons. The first-order valence-electron chi connectivity index (χ1n) is 9.22. The third-order valence-electron chi connectivity index (χ3n) is 4.65. The van der Waals surface area contributed by atoms with E-state index in [4.69, 9.17) is 21.1 Å². The predicted molar refractivity (Wildman–Crippen MR) is 113 cm³/mol. The molecule has 3 aromatic rings. The van der Waals surface area contributed by atoms with Crippen LogP contribution in [0.5, 0.6) is 5.75 Å². The number of benzene rings is 3. The van der Waals surface area contributed by atoms with Crippen LogP contribution in [0.25, 0.3) is 10.8 Å². The molecule has 5 nitrogen and oxygen atoms in total. The molecule has 29 heavy (non-hydrogen) atoms. The summed E-state index contributed by atoms with van der Waals surface area (Å²) in [5, 5.41) is 5.34. The van der Waals surface area contributed by atoms with E-state index in [9.17, 15) is 9.59 Å². The molecule has 0 aliphatic rings. The van der Waals surface area contributed by atoms with Crippen molar-refractivity contribution in [1.29, 1.82) is 0 Å². The second-order valence-electron chi connectivity index (χ2n) is 6.71. The van der Waals surface area contributed by atoms with Crippen LogP contribution >= 0.6 is 11.6 Å². The molecule has 1 amide bonds. The molecular formula is C23H22ClNO4. The second-order valence-corrected chi connectivity index (χ2v) is 7.15. The van der Waals surface area contributed by atoms with Crippen molar-refractivity contribution in [2.24, 2.45) is 0 Å². The zero-order valence-electron chi connectivity index (χ0n) is 16.3. The zero-order chi connectivity index (χ0) is 20.8. The Morgan fingerprint density at radius 1 is 1.03 bits per heavy atom. The summed E-state index contributed by atoms with van der Waals surface area (Å²) in [5.41, 5.74) is 1.70. The number of esters is 1. The van der Waals surface area contributed by atoms with Crippen LogP contribution in [0.15, 0.2) is 60.7 Å². The lowest BCUT2D eigenvalue weighted by Gasteiger charge is -2.13. The molecule has 0 saturated heterocycles. The number of rotatable bonds is 7. The van der Waals surface area contributed by atoms with Crippen LogP contribution in [0.1, 0.15) is 24.0 Å². The molecule has 0 unspecified atom stereocenters. The van der Waals surface area contributed by atoms with E-state index in [0.29, 0.717) is 11.6 Å². The highest BCUT2D eigenvalue weighted by molar-refractivity contribution is 6.30. The molecule has 0 heterocycles. The van der Waals surface area contributed by atoms with Gasteiger partial charge in [-0.3, -0.25) is 9.59 Å². The van der Waals surface area contributed by atoms with Crippen molar-refractivity contribution in [3.8, 4) is 5.75 Å². The summed E-state index contributed by atoms with van der Waals surface area (Å²) in [6.45, 7) is 1.76. The van der Waals surface area contributed by atoms with Gasteiger partial charge in [-0.05, 0) is 53.1 Å². The molecule has 0 saturated carbocycles. The van der Waals surface area contributed by atoms with Crippen molar-refractivity contribution in [3.63, 3.8) is 0 Å². The van der Waals surface area contributed by atoms with Crippen LogP contribution < -0.4 is 10.1 Å². The Morgan fingerprint density at radius 3 is 2.55 bits per heavy atom. The van der Waals surface area contributed by atoms with E-state index in [1.807, 2.05) is 48.5 Å². The maximum atomic E-state index is 12.4. The van der Waals surface area contributed by atoms with Gasteiger partial charge in [0.25, 0.3) is 5.91 Å². The average Bonchev–Trinajstić information content (AvgIpc) is 2.74. The first-order chi connectivity index (χ1) is 14.0. The molecule has 0 aromatic heterocycles. The van der Waals surface area contributed by atoms with Gasteiger partial charge in [0.2, 0.25) is 0 Å². The van der Waals surface area contributed by atoms with E-state index in [1.165, 1.54) is 0 Å². The Hall–Kier alpha value is -3.05. The highest BCUT2D eigenvalue weighted by atomic mass is 35.5. The van der Waals surface area contributed by atoms with Crippen molar-refractivity contribution in [1.82, 2.24) is 5.32 Å². The SMILES string of the molecule is COc1ccc2cc([C@H](C)C(=O)OCC(=O)NCc3cccc(Cl)c3)ccc2c1. The van der Waals surface area contributed by atoms with Crippen molar-refractivity contribution < 1.29 is 19.1 Å². The summed E-state index contributed by atoms with van der Waals surface area (Å²) in [7, 11) is 1.62. The van der Waals surface area contributed by atoms with E-state index >= 15 is 0 Å². The largest absolute Gasteiger partial charge is 0.497 e. The molecule has 1 atom stereocenters. The van der Waals surface area contributed by atoms with E-state index in [2.05, 4.69) is 5.32 Å². The second kappa shape index (κ2) is 9.43. The summed E-state index contributed by atoms with van der Waals surface area (Å²) in [6.07, 6.45) is 0. The molecule has 0 aliphatic carbocycles. The van der Waals surface area contributed by atoms with E-state index < -0.39 is 11.9 Å². The Labute approximate surface area is 174 Å².